The third-order valence-corrected chi connectivity index (χ3v) is 7.42. The number of hydrogen-bond acceptors (Lipinski definition) is 7. The van der Waals surface area contributed by atoms with Crippen LogP contribution in [0.15, 0.2) is 45.5 Å². The molecule has 1 saturated heterocycles. The van der Waals surface area contributed by atoms with Gasteiger partial charge in [-0.2, -0.15) is 0 Å². The normalized spacial score (nSPS) is 39.5. The van der Waals surface area contributed by atoms with Crippen LogP contribution in [0.4, 0.5) is 0 Å². The molecule has 8 heteroatoms. The van der Waals surface area contributed by atoms with E-state index in [0.29, 0.717) is 10.1 Å². The molecule has 0 unspecified atom stereocenters. The quantitative estimate of drug-likeness (QED) is 0.464. The van der Waals surface area contributed by atoms with Gasteiger partial charge in [0.05, 0.1) is 43.0 Å². The minimum absolute atomic E-state index is 0.108. The van der Waals surface area contributed by atoms with E-state index in [-0.39, 0.29) is 22.7 Å². The van der Waals surface area contributed by atoms with Crippen LogP contribution in [0.3, 0.4) is 0 Å². The molecular formula is C20H15BrO7. The highest BCUT2D eigenvalue weighted by Gasteiger charge is 2.70. The van der Waals surface area contributed by atoms with E-state index in [4.69, 9.17) is 14.2 Å². The number of halogens is 1. The number of ketones is 2. The first-order chi connectivity index (χ1) is 13.4. The second-order valence-corrected chi connectivity index (χ2v) is 8.32. The van der Waals surface area contributed by atoms with E-state index in [9.17, 15) is 19.2 Å². The van der Waals surface area contributed by atoms with Gasteiger partial charge in [0.2, 0.25) is 0 Å². The summed E-state index contributed by atoms with van der Waals surface area (Å²) in [6.45, 7) is 0. The minimum Gasteiger partial charge on any atom is -0.466 e. The molecule has 1 spiro atoms. The molecule has 4 bridgehead atoms. The zero-order valence-electron chi connectivity index (χ0n) is 14.9. The Kier molecular flexibility index (Phi) is 3.56. The number of carbonyl (C=O) groups excluding carboxylic acids is 4. The topological polar surface area (TPSA) is 96.0 Å². The van der Waals surface area contributed by atoms with Crippen molar-refractivity contribution in [3.05, 3.63) is 45.5 Å². The van der Waals surface area contributed by atoms with Gasteiger partial charge in [-0.1, -0.05) is 28.1 Å². The number of esters is 2. The predicted octanol–water partition coefficient (Wildman–Crippen LogP) is 1.19. The lowest BCUT2D eigenvalue weighted by Crippen LogP contribution is -2.48. The van der Waals surface area contributed by atoms with Gasteiger partial charge in [0, 0.05) is 27.8 Å². The molecule has 0 radical (unpaired) electrons. The van der Waals surface area contributed by atoms with Gasteiger partial charge in [0.1, 0.15) is 0 Å². The van der Waals surface area contributed by atoms with Crippen LogP contribution >= 0.6 is 15.9 Å². The molecule has 6 aliphatic rings. The fraction of sp³-hybridized carbons (Fsp3) is 0.400. The predicted molar refractivity (Wildman–Crippen MR) is 96.9 cm³/mol. The maximum Gasteiger partial charge on any atom is 0.337 e. The molecule has 2 aliphatic heterocycles. The van der Waals surface area contributed by atoms with Gasteiger partial charge in [-0.25, -0.2) is 9.59 Å². The monoisotopic (exact) mass is 446 g/mol. The third-order valence-electron chi connectivity index (χ3n) is 6.54. The summed E-state index contributed by atoms with van der Waals surface area (Å²) >= 11 is 3.51. The van der Waals surface area contributed by atoms with E-state index in [2.05, 4.69) is 15.9 Å². The third kappa shape index (κ3) is 1.83. The molecular weight excluding hydrogens is 432 g/mol. The molecule has 0 aromatic carbocycles. The molecule has 0 aromatic rings. The standard InChI is InChI=1S/C20H15BrO7/c1-26-18(24)13-14(19(25)27-2)17-15-12(16(13)28-17)7-3-4-20(15)8(5-9(7)22)10(23)6-11(20)21/h3-7,12,15-17H,1-2H3/t7-,12-,15+,16-,17-,20+/m1/s1. The summed E-state index contributed by atoms with van der Waals surface area (Å²) in [7, 11) is 2.46. The summed E-state index contributed by atoms with van der Waals surface area (Å²) in [5.41, 5.74) is -0.306. The number of rotatable bonds is 2. The van der Waals surface area contributed by atoms with Crippen LogP contribution in [0.1, 0.15) is 0 Å². The van der Waals surface area contributed by atoms with Crippen molar-refractivity contribution < 1.29 is 33.4 Å². The summed E-state index contributed by atoms with van der Waals surface area (Å²) in [5, 5.41) is 0. The van der Waals surface area contributed by atoms with E-state index >= 15 is 0 Å². The van der Waals surface area contributed by atoms with E-state index < -0.39 is 47.3 Å². The first-order valence-corrected chi connectivity index (χ1v) is 9.59. The summed E-state index contributed by atoms with van der Waals surface area (Å²) < 4.78 is 16.5. The average Bonchev–Trinajstić information content (AvgIpc) is 3.27. The van der Waals surface area contributed by atoms with Crippen LogP contribution in [0.25, 0.3) is 0 Å². The lowest BCUT2D eigenvalue weighted by molar-refractivity contribution is -0.140. The Balaban J connectivity index is 1.76. The number of methoxy groups -OCH3 is 2. The number of ether oxygens (including phenoxy) is 3. The number of carbonyl (C=O) groups is 4. The highest BCUT2D eigenvalue weighted by molar-refractivity contribution is 9.11. The zero-order valence-corrected chi connectivity index (χ0v) is 16.5. The molecule has 28 heavy (non-hydrogen) atoms. The minimum atomic E-state index is -0.898. The van der Waals surface area contributed by atoms with Gasteiger partial charge in [0.15, 0.2) is 11.6 Å². The summed E-state index contributed by atoms with van der Waals surface area (Å²) in [5.74, 6) is -3.14. The molecule has 0 aromatic heterocycles. The SMILES string of the molecule is COC(=O)C1=C(C(=O)OC)[C@@H]2O[C@H]1[C@@H]1[C@H]2[C@@H]2C=C[C@]13C(Br)=CC(=O)C3=CC2=O. The second-order valence-electron chi connectivity index (χ2n) is 7.46. The molecule has 0 N–H and O–H groups in total. The number of hydrogen-bond donors (Lipinski definition) is 0. The smallest absolute Gasteiger partial charge is 0.337 e. The molecule has 4 aliphatic carbocycles. The first kappa shape index (κ1) is 17.8. The van der Waals surface area contributed by atoms with E-state index in [0.717, 1.165) is 0 Å². The summed E-state index contributed by atoms with van der Waals surface area (Å²) in [6, 6.07) is 0. The Morgan fingerprint density at radius 2 is 1.71 bits per heavy atom. The van der Waals surface area contributed by atoms with Crippen molar-refractivity contribution in [1.29, 1.82) is 0 Å². The van der Waals surface area contributed by atoms with Crippen molar-refractivity contribution in [2.24, 2.45) is 23.2 Å². The highest BCUT2D eigenvalue weighted by atomic mass is 79.9. The van der Waals surface area contributed by atoms with Crippen LogP contribution in [-0.2, 0) is 33.4 Å². The van der Waals surface area contributed by atoms with Gasteiger partial charge in [-0.3, -0.25) is 9.59 Å². The van der Waals surface area contributed by atoms with E-state index in [1.54, 1.807) is 6.08 Å². The molecule has 0 saturated carbocycles. The van der Waals surface area contributed by atoms with Gasteiger partial charge in [-0.05, 0) is 12.2 Å². The molecule has 6 atom stereocenters. The van der Waals surface area contributed by atoms with Crippen molar-refractivity contribution in [3.63, 3.8) is 0 Å². The molecule has 0 amide bonds. The lowest BCUT2D eigenvalue weighted by atomic mass is 9.56. The molecule has 1 fully saturated rings. The van der Waals surface area contributed by atoms with Crippen molar-refractivity contribution in [2.75, 3.05) is 14.2 Å². The average molecular weight is 447 g/mol. The van der Waals surface area contributed by atoms with Crippen molar-refractivity contribution in [3.8, 4) is 0 Å². The largest absolute Gasteiger partial charge is 0.466 e. The molecule has 144 valence electrons. The van der Waals surface area contributed by atoms with E-state index in [1.165, 1.54) is 26.4 Å². The fourth-order valence-electron chi connectivity index (χ4n) is 5.53. The van der Waals surface area contributed by atoms with Crippen molar-refractivity contribution in [1.82, 2.24) is 0 Å². The Morgan fingerprint density at radius 3 is 2.36 bits per heavy atom. The van der Waals surface area contributed by atoms with Crippen molar-refractivity contribution in [2.45, 2.75) is 12.2 Å². The van der Waals surface area contributed by atoms with Crippen LogP contribution in [-0.4, -0.2) is 49.9 Å². The zero-order chi connectivity index (χ0) is 20.0. The Labute approximate surface area is 168 Å². The Morgan fingerprint density at radius 1 is 1.07 bits per heavy atom. The molecule has 2 heterocycles. The number of fused-ring (bicyclic) bond motifs is 3. The summed E-state index contributed by atoms with van der Waals surface area (Å²) in [6.07, 6.45) is 4.95. The Hall–Kier alpha value is -2.32. The number of allylic oxidation sites excluding steroid dienone is 6. The van der Waals surface area contributed by atoms with Crippen molar-refractivity contribution >= 4 is 39.4 Å². The summed E-state index contributed by atoms with van der Waals surface area (Å²) in [4.78, 5) is 50.5. The van der Waals surface area contributed by atoms with Gasteiger partial charge in [0.25, 0.3) is 0 Å². The van der Waals surface area contributed by atoms with Crippen LogP contribution in [0.5, 0.6) is 0 Å². The fourth-order valence-corrected chi connectivity index (χ4v) is 6.34. The van der Waals surface area contributed by atoms with Crippen LogP contribution < -0.4 is 0 Å². The lowest BCUT2D eigenvalue weighted by Gasteiger charge is -2.45. The molecule has 6 rings (SSSR count). The van der Waals surface area contributed by atoms with Gasteiger partial charge >= 0.3 is 11.9 Å². The second kappa shape index (κ2) is 5.61. The van der Waals surface area contributed by atoms with E-state index in [1.807, 2.05) is 6.08 Å². The van der Waals surface area contributed by atoms with Gasteiger partial charge in [-0.15, -0.1) is 0 Å². The van der Waals surface area contributed by atoms with Gasteiger partial charge < -0.3 is 14.2 Å². The maximum absolute atomic E-state index is 12.9. The molecule has 7 nitrogen and oxygen atoms in total. The Bertz CT molecular complexity index is 1000. The van der Waals surface area contributed by atoms with Crippen LogP contribution in [0, 0.1) is 23.2 Å². The van der Waals surface area contributed by atoms with Crippen LogP contribution in [0.2, 0.25) is 0 Å². The maximum atomic E-state index is 12.9. The highest BCUT2D eigenvalue weighted by Crippen LogP contribution is 2.67. The first-order valence-electron chi connectivity index (χ1n) is 8.80.